The van der Waals surface area contributed by atoms with Gasteiger partial charge in [-0.3, -0.25) is 24.0 Å². The molecule has 4 aliphatic heterocycles. The Morgan fingerprint density at radius 1 is 0.938 bits per heavy atom. The molecule has 2 amide bonds. The Kier molecular flexibility index (Phi) is 10.7. The van der Waals surface area contributed by atoms with Crippen molar-refractivity contribution in [1.29, 1.82) is 0 Å². The maximum Gasteiger partial charge on any atom is 0.301 e. The van der Waals surface area contributed by atoms with Crippen LogP contribution in [0.1, 0.15) is 63.9 Å². The number of benzene rings is 3. The molecule has 1 saturated carbocycles. The first kappa shape index (κ1) is 41.8. The molecular weight excluding hydrogens is 850 g/mol. The number of aromatic amines is 1. The highest BCUT2D eigenvalue weighted by Gasteiger charge is 2.40. The molecule has 64 heavy (non-hydrogen) atoms. The number of carbonyl (C=O) groups excluding carboxylic acids is 3. The minimum Gasteiger partial charge on any atom is -0.490 e. The number of alkyl halides is 1. The normalized spacial score (nSPS) is 23.0. The van der Waals surface area contributed by atoms with Gasteiger partial charge in [-0.25, -0.2) is 18.2 Å². The van der Waals surface area contributed by atoms with Gasteiger partial charge in [0.15, 0.2) is 5.82 Å². The molecule has 18 heteroatoms. The Labute approximate surface area is 367 Å². The van der Waals surface area contributed by atoms with Crippen molar-refractivity contribution >= 4 is 50.2 Å². The molecule has 6 heterocycles. The van der Waals surface area contributed by atoms with Crippen molar-refractivity contribution in [1.82, 2.24) is 29.4 Å². The number of piperidine rings is 1. The van der Waals surface area contributed by atoms with Gasteiger partial charge in [0.05, 0.1) is 11.3 Å². The molecule has 4 fully saturated rings. The minimum absolute atomic E-state index is 0.00145. The third kappa shape index (κ3) is 7.76. The van der Waals surface area contributed by atoms with Crippen LogP contribution in [0.25, 0.3) is 22.2 Å². The van der Waals surface area contributed by atoms with Gasteiger partial charge in [-0.05, 0) is 78.9 Å². The van der Waals surface area contributed by atoms with Crippen LogP contribution < -0.4 is 19.7 Å². The third-order valence-corrected chi connectivity index (χ3v) is 14.6. The van der Waals surface area contributed by atoms with E-state index in [4.69, 9.17) is 4.74 Å². The lowest BCUT2D eigenvalue weighted by molar-refractivity contribution is -0.126. The van der Waals surface area contributed by atoms with E-state index in [1.165, 1.54) is 6.20 Å². The van der Waals surface area contributed by atoms with Gasteiger partial charge in [-0.15, -0.1) is 0 Å². The summed E-state index contributed by atoms with van der Waals surface area (Å²) in [6, 6.07) is 16.8. The fraction of sp³-hybridized carbons (Fsp3) is 0.348. The highest BCUT2D eigenvalue weighted by Crippen LogP contribution is 2.36. The van der Waals surface area contributed by atoms with Gasteiger partial charge in [0.2, 0.25) is 11.7 Å². The van der Waals surface area contributed by atoms with Crippen molar-refractivity contribution in [3.05, 3.63) is 119 Å². The molecule has 0 radical (unpaired) electrons. The quantitative estimate of drug-likeness (QED) is 0.137. The second-order valence-electron chi connectivity index (χ2n) is 17.1. The molecular formula is C46H45F3N8O6S. The number of ether oxygens (including phenoxy) is 1. The summed E-state index contributed by atoms with van der Waals surface area (Å²) >= 11 is 0. The highest BCUT2D eigenvalue weighted by molar-refractivity contribution is 7.90. The molecule has 14 nitrogen and oxygen atoms in total. The molecule has 0 bridgehead atoms. The molecule has 332 valence electrons. The number of anilines is 2. The Hall–Kier alpha value is -6.24. The topological polar surface area (TPSA) is 160 Å². The zero-order valence-corrected chi connectivity index (χ0v) is 35.5. The first-order valence-electron chi connectivity index (χ1n) is 21.4. The summed E-state index contributed by atoms with van der Waals surface area (Å²) in [5.41, 5.74) is 3.48. The van der Waals surface area contributed by atoms with Gasteiger partial charge in [0.25, 0.3) is 5.91 Å². The zero-order chi connectivity index (χ0) is 44.4. The standard InChI is InChI=1S/C46H45F3N8O6S/c1-26-2-11-40(45(59)52-26)57-24-29-18-31(5-8-35(29)46(57)60)54-14-16-55(17-15-54)32-20-34(21-32)63-33-6-3-27(4-7-33)28-19-36-37(23-51-44(36)50-22-28)43(58)41-38(48)9-10-39(42(41)49)53-64(61,62)56-13-12-30(47)25-56/h3-10,18-19,22-23,30,32,34,40,53H,1-2,11-17,20-21,24-25H2,(H,50,51)(H,52,59)/t30-,32?,34?,40?/m1/s1. The van der Waals surface area contributed by atoms with Gasteiger partial charge in [-0.2, -0.15) is 12.7 Å². The van der Waals surface area contributed by atoms with Crippen LogP contribution in [0.3, 0.4) is 0 Å². The van der Waals surface area contributed by atoms with Gasteiger partial charge >= 0.3 is 10.2 Å². The van der Waals surface area contributed by atoms with Crippen LogP contribution in [0.5, 0.6) is 5.75 Å². The lowest BCUT2D eigenvalue weighted by Gasteiger charge is -2.46. The van der Waals surface area contributed by atoms with Crippen molar-refractivity contribution in [2.45, 2.75) is 63.0 Å². The van der Waals surface area contributed by atoms with Crippen LogP contribution in [0.4, 0.5) is 24.5 Å². The summed E-state index contributed by atoms with van der Waals surface area (Å²) in [6.45, 7) is 7.33. The van der Waals surface area contributed by atoms with E-state index in [0.717, 1.165) is 72.3 Å². The number of allylic oxidation sites excluding steroid dienone is 1. The number of pyridine rings is 1. The van der Waals surface area contributed by atoms with E-state index in [1.54, 1.807) is 17.2 Å². The van der Waals surface area contributed by atoms with E-state index in [9.17, 15) is 27.2 Å². The largest absolute Gasteiger partial charge is 0.490 e. The summed E-state index contributed by atoms with van der Waals surface area (Å²) in [7, 11) is -4.36. The number of fused-ring (bicyclic) bond motifs is 2. The lowest BCUT2D eigenvalue weighted by atomic mass is 9.87. The summed E-state index contributed by atoms with van der Waals surface area (Å²) in [4.78, 5) is 53.4. The summed E-state index contributed by atoms with van der Waals surface area (Å²) in [6.07, 6.45) is 4.69. The number of piperazine rings is 1. The first-order valence-corrected chi connectivity index (χ1v) is 22.8. The average Bonchev–Trinajstić information content (AvgIpc) is 4.00. The second kappa shape index (κ2) is 16.4. The molecule has 5 aliphatic rings. The van der Waals surface area contributed by atoms with Crippen LogP contribution in [-0.4, -0.2) is 114 Å². The van der Waals surface area contributed by atoms with Gasteiger partial charge < -0.3 is 24.8 Å². The van der Waals surface area contributed by atoms with Crippen LogP contribution in [0.2, 0.25) is 0 Å². The van der Waals surface area contributed by atoms with E-state index < -0.39 is 51.1 Å². The predicted octanol–water partition coefficient (Wildman–Crippen LogP) is 5.92. The predicted molar refractivity (Wildman–Crippen MR) is 233 cm³/mol. The van der Waals surface area contributed by atoms with E-state index in [-0.39, 0.29) is 43.0 Å². The molecule has 10 rings (SSSR count). The van der Waals surface area contributed by atoms with Crippen LogP contribution in [0.15, 0.2) is 85.3 Å². The number of halogens is 3. The molecule has 3 N–H and O–H groups in total. The summed E-state index contributed by atoms with van der Waals surface area (Å²) in [5.74, 6) is -3.13. The smallest absolute Gasteiger partial charge is 0.301 e. The summed E-state index contributed by atoms with van der Waals surface area (Å²) in [5, 5.41) is 3.11. The number of ketones is 1. The SMILES string of the molecule is C=C1CCC(N2Cc3cc(N4CCN(C5CC(Oc6ccc(-c7cnc8[nH]cc(C(=O)c9c(F)ccc(NS(=O)(=O)N%10CC[C@@H](F)C%10)c9F)c8c7)cc6)C5)CC4)ccc3C2=O)C(=O)N1. The van der Waals surface area contributed by atoms with E-state index in [1.807, 2.05) is 41.1 Å². The number of aromatic nitrogens is 2. The molecule has 2 atom stereocenters. The third-order valence-electron chi connectivity index (χ3n) is 13.1. The number of amides is 2. The van der Waals surface area contributed by atoms with Gasteiger partial charge in [0.1, 0.15) is 35.5 Å². The number of carbonyl (C=O) groups is 3. The number of rotatable bonds is 11. The average molecular weight is 895 g/mol. The lowest BCUT2D eigenvalue weighted by Crippen LogP contribution is -2.56. The Balaban J connectivity index is 0.735. The molecule has 2 aromatic heterocycles. The number of H-pyrrole nitrogens is 1. The van der Waals surface area contributed by atoms with Crippen molar-refractivity contribution in [2.75, 3.05) is 48.9 Å². The monoisotopic (exact) mass is 894 g/mol. The molecule has 0 spiro atoms. The Bertz CT molecular complexity index is 2830. The minimum atomic E-state index is -4.36. The zero-order valence-electron chi connectivity index (χ0n) is 34.7. The van der Waals surface area contributed by atoms with Gasteiger partial charge in [0, 0.05) is 111 Å². The highest BCUT2D eigenvalue weighted by atomic mass is 32.2. The van der Waals surface area contributed by atoms with E-state index in [2.05, 4.69) is 37.7 Å². The fourth-order valence-corrected chi connectivity index (χ4v) is 10.7. The Morgan fingerprint density at radius 2 is 1.72 bits per heavy atom. The van der Waals surface area contributed by atoms with Crippen LogP contribution in [0, 0.1) is 11.6 Å². The number of nitrogens with one attached hydrogen (secondary N) is 3. The molecule has 1 aliphatic carbocycles. The van der Waals surface area contributed by atoms with Gasteiger partial charge in [-0.1, -0.05) is 18.7 Å². The molecule has 5 aromatic rings. The maximum absolute atomic E-state index is 15.7. The maximum atomic E-state index is 15.7. The van der Waals surface area contributed by atoms with Crippen LogP contribution in [-0.2, 0) is 21.5 Å². The van der Waals surface area contributed by atoms with E-state index >= 15 is 8.78 Å². The fourth-order valence-electron chi connectivity index (χ4n) is 9.47. The van der Waals surface area contributed by atoms with Crippen molar-refractivity contribution < 1.29 is 40.7 Å². The van der Waals surface area contributed by atoms with Crippen LogP contribution >= 0.6 is 0 Å². The van der Waals surface area contributed by atoms with E-state index in [0.29, 0.717) is 59.0 Å². The van der Waals surface area contributed by atoms with Crippen molar-refractivity contribution in [3.63, 3.8) is 0 Å². The molecule has 3 aromatic carbocycles. The first-order chi connectivity index (χ1) is 30.8. The molecule has 1 unspecified atom stereocenters. The Morgan fingerprint density at radius 3 is 2.45 bits per heavy atom. The van der Waals surface area contributed by atoms with Crippen molar-refractivity contribution in [3.8, 4) is 16.9 Å². The number of nitrogens with zero attached hydrogens (tertiary/aromatic N) is 5. The molecule has 3 saturated heterocycles. The number of hydrogen-bond donors (Lipinski definition) is 3. The number of hydrogen-bond acceptors (Lipinski definition) is 9. The summed E-state index contributed by atoms with van der Waals surface area (Å²) < 4.78 is 79.3. The second-order valence-corrected chi connectivity index (χ2v) is 18.8. The van der Waals surface area contributed by atoms with Crippen molar-refractivity contribution in [2.24, 2.45) is 0 Å².